The van der Waals surface area contributed by atoms with Crippen LogP contribution in [-0.4, -0.2) is 26.6 Å². The molecule has 2 heterocycles. The maximum atomic E-state index is 12.6. The number of aromatic amines is 1. The summed E-state index contributed by atoms with van der Waals surface area (Å²) in [7, 11) is 0. The van der Waals surface area contributed by atoms with Crippen LogP contribution in [0.4, 0.5) is 0 Å². The van der Waals surface area contributed by atoms with E-state index in [1.165, 1.54) is 10.9 Å². The van der Waals surface area contributed by atoms with Gasteiger partial charge in [0.2, 0.25) is 0 Å². The number of carbonyl (C=O) groups is 1. The van der Waals surface area contributed by atoms with Crippen LogP contribution in [0.1, 0.15) is 16.9 Å². The number of para-hydroxylation sites is 2. The molecule has 0 fully saturated rings. The highest BCUT2D eigenvalue weighted by molar-refractivity contribution is 7.71. The van der Waals surface area contributed by atoms with E-state index in [-0.39, 0.29) is 5.91 Å². The summed E-state index contributed by atoms with van der Waals surface area (Å²) in [6.07, 6.45) is 4.59. The third kappa shape index (κ3) is 3.57. The molecule has 5 nitrogen and oxygen atoms in total. The number of aryl methyl sites for hydroxylation is 1. The Morgan fingerprint density at radius 1 is 1.04 bits per heavy atom. The van der Waals surface area contributed by atoms with Gasteiger partial charge in [0.1, 0.15) is 5.69 Å². The Kier molecular flexibility index (Phi) is 4.89. The van der Waals surface area contributed by atoms with E-state index in [9.17, 15) is 4.79 Å². The molecule has 0 aliphatic heterocycles. The Hall–Kier alpha value is -3.12. The smallest absolute Gasteiger partial charge is 0.269 e. The first-order chi connectivity index (χ1) is 13.2. The van der Waals surface area contributed by atoms with Crippen LogP contribution in [-0.2, 0) is 6.54 Å². The summed E-state index contributed by atoms with van der Waals surface area (Å²) in [5.41, 5.74) is 2.59. The summed E-state index contributed by atoms with van der Waals surface area (Å²) < 4.78 is 4.47. The second-order valence-electron chi connectivity index (χ2n) is 6.33. The summed E-state index contributed by atoms with van der Waals surface area (Å²) in [6.45, 7) is 1.45. The highest BCUT2D eigenvalue weighted by Gasteiger charge is 2.13. The second kappa shape index (κ2) is 7.63. The number of fused-ring (bicyclic) bond motifs is 1. The monoisotopic (exact) mass is 376 g/mol. The molecule has 0 saturated heterocycles. The van der Waals surface area contributed by atoms with Gasteiger partial charge in [0, 0.05) is 36.7 Å². The van der Waals surface area contributed by atoms with Crippen LogP contribution < -0.4 is 5.32 Å². The SMILES string of the molecule is O=C(NCCCn1ccc2ccccc21)c1c[nH]c(=S)n1-c1ccccc1. The minimum absolute atomic E-state index is 0.136. The van der Waals surface area contributed by atoms with Crippen molar-refractivity contribution in [2.45, 2.75) is 13.0 Å². The number of nitrogens with zero attached hydrogens (tertiary/aromatic N) is 2. The van der Waals surface area contributed by atoms with Crippen LogP contribution >= 0.6 is 12.2 Å². The van der Waals surface area contributed by atoms with Crippen molar-refractivity contribution in [2.24, 2.45) is 0 Å². The summed E-state index contributed by atoms with van der Waals surface area (Å²) in [5, 5.41) is 4.23. The third-order valence-corrected chi connectivity index (χ3v) is 4.87. The van der Waals surface area contributed by atoms with Gasteiger partial charge in [-0.05, 0) is 48.3 Å². The molecule has 2 N–H and O–H groups in total. The van der Waals surface area contributed by atoms with Gasteiger partial charge in [0.25, 0.3) is 5.91 Å². The van der Waals surface area contributed by atoms with Crippen LogP contribution in [0.2, 0.25) is 0 Å². The molecule has 0 bridgehead atoms. The van der Waals surface area contributed by atoms with Crippen LogP contribution in [0.15, 0.2) is 73.1 Å². The zero-order chi connectivity index (χ0) is 18.6. The number of hydrogen-bond donors (Lipinski definition) is 2. The third-order valence-electron chi connectivity index (χ3n) is 4.56. The first kappa shape index (κ1) is 17.3. The zero-order valence-corrected chi connectivity index (χ0v) is 15.6. The molecule has 2 aromatic heterocycles. The summed E-state index contributed by atoms with van der Waals surface area (Å²) in [4.78, 5) is 15.6. The highest BCUT2D eigenvalue weighted by Crippen LogP contribution is 2.15. The number of imidazole rings is 1. The fourth-order valence-corrected chi connectivity index (χ4v) is 3.51. The fraction of sp³-hybridized carbons (Fsp3) is 0.143. The predicted molar refractivity (Wildman–Crippen MR) is 110 cm³/mol. The normalized spacial score (nSPS) is 11.0. The molecule has 0 saturated carbocycles. The number of hydrogen-bond acceptors (Lipinski definition) is 2. The van der Waals surface area contributed by atoms with Gasteiger partial charge in [-0.2, -0.15) is 0 Å². The Morgan fingerprint density at radius 3 is 2.67 bits per heavy atom. The molecule has 0 atom stereocenters. The Labute approximate surface area is 162 Å². The van der Waals surface area contributed by atoms with Gasteiger partial charge in [0.15, 0.2) is 4.77 Å². The van der Waals surface area contributed by atoms with Crippen LogP contribution in [0.3, 0.4) is 0 Å². The Bertz CT molecular complexity index is 1120. The lowest BCUT2D eigenvalue weighted by molar-refractivity contribution is 0.0946. The Balaban J connectivity index is 1.40. The number of benzene rings is 2. The number of aromatic nitrogens is 3. The molecular formula is C21H20N4OS. The van der Waals surface area contributed by atoms with Crippen molar-refractivity contribution in [3.8, 4) is 5.69 Å². The van der Waals surface area contributed by atoms with Crippen molar-refractivity contribution in [3.05, 3.63) is 83.5 Å². The van der Waals surface area contributed by atoms with Crippen molar-refractivity contribution >= 4 is 29.0 Å². The highest BCUT2D eigenvalue weighted by atomic mass is 32.1. The van der Waals surface area contributed by atoms with Crippen LogP contribution in [0, 0.1) is 4.77 Å². The quantitative estimate of drug-likeness (QED) is 0.389. The molecule has 1 amide bonds. The molecule has 27 heavy (non-hydrogen) atoms. The second-order valence-corrected chi connectivity index (χ2v) is 6.71. The predicted octanol–water partition coefficient (Wildman–Crippen LogP) is 4.31. The Morgan fingerprint density at radius 2 is 1.81 bits per heavy atom. The summed E-state index contributed by atoms with van der Waals surface area (Å²) >= 11 is 5.33. The van der Waals surface area contributed by atoms with Gasteiger partial charge in [0.05, 0.1) is 0 Å². The molecule has 0 spiro atoms. The molecule has 4 rings (SSSR count). The van der Waals surface area contributed by atoms with E-state index in [4.69, 9.17) is 12.2 Å². The maximum Gasteiger partial charge on any atom is 0.269 e. The van der Waals surface area contributed by atoms with E-state index in [1.54, 1.807) is 10.8 Å². The summed E-state index contributed by atoms with van der Waals surface area (Å²) in [5.74, 6) is -0.136. The minimum atomic E-state index is -0.136. The zero-order valence-electron chi connectivity index (χ0n) is 14.8. The minimum Gasteiger partial charge on any atom is -0.351 e. The first-order valence-corrected chi connectivity index (χ1v) is 9.33. The van der Waals surface area contributed by atoms with Gasteiger partial charge in [-0.3, -0.25) is 9.36 Å². The van der Waals surface area contributed by atoms with Crippen molar-refractivity contribution < 1.29 is 4.79 Å². The number of carbonyl (C=O) groups excluding carboxylic acids is 1. The number of rotatable bonds is 6. The molecule has 2 aromatic carbocycles. The van der Waals surface area contributed by atoms with E-state index in [0.29, 0.717) is 17.0 Å². The molecule has 0 aliphatic carbocycles. The molecule has 0 unspecified atom stereocenters. The fourth-order valence-electron chi connectivity index (χ4n) is 3.25. The average Bonchev–Trinajstić information content (AvgIpc) is 3.29. The molecule has 136 valence electrons. The van der Waals surface area contributed by atoms with E-state index in [0.717, 1.165) is 18.7 Å². The molecule has 4 aromatic rings. The van der Waals surface area contributed by atoms with E-state index < -0.39 is 0 Å². The topological polar surface area (TPSA) is 54.8 Å². The molecule has 0 radical (unpaired) electrons. The van der Waals surface area contributed by atoms with Gasteiger partial charge in [-0.1, -0.05) is 36.4 Å². The van der Waals surface area contributed by atoms with Gasteiger partial charge in [-0.15, -0.1) is 0 Å². The van der Waals surface area contributed by atoms with Crippen molar-refractivity contribution in [1.82, 2.24) is 19.4 Å². The number of amides is 1. The summed E-state index contributed by atoms with van der Waals surface area (Å²) in [6, 6.07) is 20.1. The van der Waals surface area contributed by atoms with Gasteiger partial charge < -0.3 is 14.9 Å². The molecular weight excluding hydrogens is 356 g/mol. The lowest BCUT2D eigenvalue weighted by Crippen LogP contribution is -2.27. The van der Waals surface area contributed by atoms with Gasteiger partial charge >= 0.3 is 0 Å². The van der Waals surface area contributed by atoms with Crippen molar-refractivity contribution in [1.29, 1.82) is 0 Å². The van der Waals surface area contributed by atoms with Crippen LogP contribution in [0.5, 0.6) is 0 Å². The largest absolute Gasteiger partial charge is 0.351 e. The number of nitrogens with one attached hydrogen (secondary N) is 2. The van der Waals surface area contributed by atoms with E-state index >= 15 is 0 Å². The van der Waals surface area contributed by atoms with Gasteiger partial charge in [-0.25, -0.2) is 0 Å². The maximum absolute atomic E-state index is 12.6. The van der Waals surface area contributed by atoms with Crippen molar-refractivity contribution in [3.63, 3.8) is 0 Å². The van der Waals surface area contributed by atoms with Crippen molar-refractivity contribution in [2.75, 3.05) is 6.54 Å². The lowest BCUT2D eigenvalue weighted by Gasteiger charge is -2.10. The van der Waals surface area contributed by atoms with Crippen LogP contribution in [0.25, 0.3) is 16.6 Å². The first-order valence-electron chi connectivity index (χ1n) is 8.92. The molecule has 0 aliphatic rings. The lowest BCUT2D eigenvalue weighted by atomic mass is 10.2. The molecule has 6 heteroatoms. The number of H-pyrrole nitrogens is 1. The average molecular weight is 376 g/mol. The van der Waals surface area contributed by atoms with E-state index in [1.807, 2.05) is 42.5 Å². The van der Waals surface area contributed by atoms with E-state index in [2.05, 4.69) is 39.3 Å². The standard InChI is InChI=1S/C21H20N4OS/c26-20(19-15-23-21(27)25(19)17-8-2-1-3-9-17)22-12-6-13-24-14-11-16-7-4-5-10-18(16)24/h1-5,7-11,14-15H,6,12-13H2,(H,22,26)(H,23,27).